The van der Waals surface area contributed by atoms with Crippen LogP contribution in [-0.4, -0.2) is 23.4 Å². The van der Waals surface area contributed by atoms with E-state index < -0.39 is 0 Å². The van der Waals surface area contributed by atoms with Crippen LogP contribution in [0.4, 0.5) is 0 Å². The summed E-state index contributed by atoms with van der Waals surface area (Å²) in [7, 11) is 0. The van der Waals surface area contributed by atoms with Crippen molar-refractivity contribution in [3.05, 3.63) is 0 Å². The zero-order chi connectivity index (χ0) is 8.98. The van der Waals surface area contributed by atoms with E-state index in [4.69, 9.17) is 4.74 Å². The molecule has 2 heteroatoms. The van der Waals surface area contributed by atoms with Gasteiger partial charge >= 0.3 is 0 Å². The molecular formula is C10H18O2. The number of aliphatic hydroxyl groups excluding tert-OH is 1. The Morgan fingerprint density at radius 3 is 2.42 bits per heavy atom. The van der Waals surface area contributed by atoms with Crippen LogP contribution in [0.1, 0.15) is 33.6 Å². The summed E-state index contributed by atoms with van der Waals surface area (Å²) in [5, 5.41) is 10.1. The van der Waals surface area contributed by atoms with Crippen LogP contribution in [0.2, 0.25) is 0 Å². The fraction of sp³-hybridized carbons (Fsp3) is 1.00. The molecule has 12 heavy (non-hydrogen) atoms. The lowest BCUT2D eigenvalue weighted by molar-refractivity contribution is -0.170. The molecule has 0 aromatic heterocycles. The topological polar surface area (TPSA) is 29.5 Å². The first-order valence-corrected chi connectivity index (χ1v) is 4.81. The minimum atomic E-state index is -0.330. The van der Waals surface area contributed by atoms with Gasteiger partial charge in [-0.25, -0.2) is 0 Å². The first-order chi connectivity index (χ1) is 5.49. The normalized spacial score (nSPS) is 51.0. The Balaban J connectivity index is 2.18. The van der Waals surface area contributed by atoms with Crippen LogP contribution in [0, 0.1) is 11.3 Å². The summed E-state index contributed by atoms with van der Waals surface area (Å²) < 4.78 is 5.55. The predicted molar refractivity (Wildman–Crippen MR) is 46.9 cm³/mol. The fourth-order valence-corrected chi connectivity index (χ4v) is 2.65. The summed E-state index contributed by atoms with van der Waals surface area (Å²) in [6.45, 7) is 7.02. The van der Waals surface area contributed by atoms with Crippen molar-refractivity contribution < 1.29 is 9.84 Å². The first-order valence-electron chi connectivity index (χ1n) is 4.81. The second-order valence-electron chi connectivity index (χ2n) is 4.94. The quantitative estimate of drug-likeness (QED) is 0.598. The van der Waals surface area contributed by atoms with Gasteiger partial charge in [-0.1, -0.05) is 6.92 Å². The maximum Gasteiger partial charge on any atom is 0.0889 e. The molecule has 0 aromatic rings. The smallest absolute Gasteiger partial charge is 0.0889 e. The Hall–Kier alpha value is -0.0800. The van der Waals surface area contributed by atoms with E-state index in [2.05, 4.69) is 6.92 Å². The largest absolute Gasteiger partial charge is 0.390 e. The molecule has 2 aliphatic rings. The highest BCUT2D eigenvalue weighted by atomic mass is 16.5. The van der Waals surface area contributed by atoms with Crippen molar-refractivity contribution in [3.63, 3.8) is 0 Å². The van der Waals surface area contributed by atoms with Gasteiger partial charge < -0.3 is 9.84 Å². The summed E-state index contributed by atoms with van der Waals surface area (Å²) in [4.78, 5) is 0. The van der Waals surface area contributed by atoms with Crippen molar-refractivity contribution in [1.29, 1.82) is 0 Å². The van der Waals surface area contributed by atoms with E-state index in [9.17, 15) is 5.11 Å². The number of rotatable bonds is 0. The van der Waals surface area contributed by atoms with E-state index in [1.54, 1.807) is 0 Å². The maximum atomic E-state index is 10.1. The third kappa shape index (κ3) is 0.944. The van der Waals surface area contributed by atoms with Crippen molar-refractivity contribution >= 4 is 0 Å². The van der Waals surface area contributed by atoms with E-state index in [1.807, 2.05) is 13.8 Å². The minimum absolute atomic E-state index is 0.210. The molecule has 0 aromatic carbocycles. The van der Waals surface area contributed by atoms with Gasteiger partial charge in [-0.2, -0.15) is 0 Å². The molecule has 1 aliphatic heterocycles. The van der Waals surface area contributed by atoms with E-state index in [0.717, 1.165) is 13.0 Å². The predicted octanol–water partition coefficient (Wildman–Crippen LogP) is 1.57. The van der Waals surface area contributed by atoms with Crippen LogP contribution in [0.15, 0.2) is 0 Å². The summed E-state index contributed by atoms with van der Waals surface area (Å²) in [5.41, 5.74) is -0.120. The highest BCUT2D eigenvalue weighted by Gasteiger charge is 2.61. The standard InChI is InChI=1S/C10H18O2/c1-7-6-10(7)4-5-12-9(2,3)8(10)11/h7-8,11H,4-6H2,1-3H3. The Morgan fingerprint density at radius 1 is 1.42 bits per heavy atom. The van der Waals surface area contributed by atoms with Crippen LogP contribution >= 0.6 is 0 Å². The number of aliphatic hydroxyl groups is 1. The van der Waals surface area contributed by atoms with Crippen LogP contribution in [0.25, 0.3) is 0 Å². The molecule has 1 aliphatic carbocycles. The zero-order valence-corrected chi connectivity index (χ0v) is 8.13. The maximum absolute atomic E-state index is 10.1. The van der Waals surface area contributed by atoms with Gasteiger partial charge in [0, 0.05) is 12.0 Å². The van der Waals surface area contributed by atoms with Gasteiger partial charge in [-0.3, -0.25) is 0 Å². The van der Waals surface area contributed by atoms with E-state index in [0.29, 0.717) is 5.92 Å². The average Bonchev–Trinajstić information content (AvgIpc) is 2.58. The van der Waals surface area contributed by atoms with Crippen molar-refractivity contribution in [2.75, 3.05) is 6.61 Å². The molecule has 1 saturated heterocycles. The number of hydrogen-bond acceptors (Lipinski definition) is 2. The monoisotopic (exact) mass is 170 g/mol. The molecule has 2 fully saturated rings. The average molecular weight is 170 g/mol. The van der Waals surface area contributed by atoms with E-state index >= 15 is 0 Å². The second kappa shape index (κ2) is 2.24. The molecule has 3 unspecified atom stereocenters. The lowest BCUT2D eigenvalue weighted by Gasteiger charge is -2.41. The molecule has 1 N–H and O–H groups in total. The second-order valence-corrected chi connectivity index (χ2v) is 4.94. The van der Waals surface area contributed by atoms with Crippen LogP contribution in [0.3, 0.4) is 0 Å². The molecule has 1 spiro atoms. The van der Waals surface area contributed by atoms with Gasteiger partial charge in [0.1, 0.15) is 0 Å². The Morgan fingerprint density at radius 2 is 2.00 bits per heavy atom. The lowest BCUT2D eigenvalue weighted by Crippen LogP contribution is -2.50. The van der Waals surface area contributed by atoms with Gasteiger partial charge in [0.25, 0.3) is 0 Å². The first kappa shape index (κ1) is 8.52. The van der Waals surface area contributed by atoms with Gasteiger partial charge in [-0.15, -0.1) is 0 Å². The Labute approximate surface area is 73.9 Å². The SMILES string of the molecule is CC1CC12CCOC(C)(C)C2O. The molecule has 0 amide bonds. The minimum Gasteiger partial charge on any atom is -0.390 e. The van der Waals surface area contributed by atoms with Crippen LogP contribution in [-0.2, 0) is 4.74 Å². The van der Waals surface area contributed by atoms with Crippen LogP contribution in [0.5, 0.6) is 0 Å². The van der Waals surface area contributed by atoms with Gasteiger partial charge in [0.15, 0.2) is 0 Å². The van der Waals surface area contributed by atoms with Crippen LogP contribution < -0.4 is 0 Å². The molecule has 3 atom stereocenters. The van der Waals surface area contributed by atoms with Crippen molar-refractivity contribution in [2.45, 2.75) is 45.3 Å². The van der Waals surface area contributed by atoms with E-state index in [1.165, 1.54) is 6.42 Å². The Bertz CT molecular complexity index is 200. The Kier molecular flexibility index (Phi) is 1.59. The van der Waals surface area contributed by atoms with Crippen molar-refractivity contribution in [3.8, 4) is 0 Å². The van der Waals surface area contributed by atoms with Crippen molar-refractivity contribution in [2.24, 2.45) is 11.3 Å². The van der Waals surface area contributed by atoms with Gasteiger partial charge in [0.05, 0.1) is 11.7 Å². The molecule has 2 rings (SSSR count). The molecule has 2 nitrogen and oxygen atoms in total. The highest BCUT2D eigenvalue weighted by molar-refractivity contribution is 5.10. The molecule has 0 bridgehead atoms. The third-order valence-corrected chi connectivity index (χ3v) is 3.75. The number of hydrogen-bond donors (Lipinski definition) is 1. The molecule has 1 heterocycles. The molecule has 1 saturated carbocycles. The fourth-order valence-electron chi connectivity index (χ4n) is 2.65. The third-order valence-electron chi connectivity index (χ3n) is 3.75. The molecule has 0 radical (unpaired) electrons. The summed E-state index contributed by atoms with van der Waals surface area (Å²) >= 11 is 0. The summed E-state index contributed by atoms with van der Waals surface area (Å²) in [5.74, 6) is 0.690. The van der Waals surface area contributed by atoms with Gasteiger partial charge in [-0.05, 0) is 32.6 Å². The zero-order valence-electron chi connectivity index (χ0n) is 8.13. The summed E-state index contributed by atoms with van der Waals surface area (Å²) in [6, 6.07) is 0. The van der Waals surface area contributed by atoms with E-state index in [-0.39, 0.29) is 17.1 Å². The number of ether oxygens (including phenoxy) is 1. The molecular weight excluding hydrogens is 152 g/mol. The highest BCUT2D eigenvalue weighted by Crippen LogP contribution is 2.61. The lowest BCUT2D eigenvalue weighted by atomic mass is 9.81. The summed E-state index contributed by atoms with van der Waals surface area (Å²) in [6.07, 6.45) is 1.95. The van der Waals surface area contributed by atoms with Crippen molar-refractivity contribution in [1.82, 2.24) is 0 Å². The van der Waals surface area contributed by atoms with Gasteiger partial charge in [0.2, 0.25) is 0 Å². The molecule has 70 valence electrons.